The van der Waals surface area contributed by atoms with Crippen LogP contribution in [0.15, 0.2) is 24.3 Å². The van der Waals surface area contributed by atoms with Crippen LogP contribution in [-0.4, -0.2) is 43.4 Å². The second kappa shape index (κ2) is 6.18. The van der Waals surface area contributed by atoms with Crippen molar-refractivity contribution in [2.24, 2.45) is 22.9 Å². The second-order valence-electron chi connectivity index (χ2n) is 6.66. The highest BCUT2D eigenvalue weighted by Crippen LogP contribution is 2.44. The lowest BCUT2D eigenvalue weighted by Gasteiger charge is -2.16. The SMILES string of the molecule is NS(=O)(=O)Cc1cccc(C(=O)N2C[C@H](C(=O)O)[C@@H](C3CC3)C2)c1. The predicted octanol–water partition coefficient (Wildman–Crippen LogP) is 0.658. The molecule has 0 bridgehead atoms. The molecule has 2 aliphatic rings. The Morgan fingerprint density at radius 1 is 1.25 bits per heavy atom. The smallest absolute Gasteiger partial charge is 0.308 e. The van der Waals surface area contributed by atoms with Crippen molar-refractivity contribution >= 4 is 21.9 Å². The maximum atomic E-state index is 12.7. The fourth-order valence-electron chi connectivity index (χ4n) is 3.47. The van der Waals surface area contributed by atoms with E-state index in [4.69, 9.17) is 5.14 Å². The number of benzene rings is 1. The van der Waals surface area contributed by atoms with E-state index in [1.807, 2.05) is 0 Å². The number of nitrogens with two attached hydrogens (primary N) is 1. The third kappa shape index (κ3) is 3.76. The first kappa shape index (κ1) is 16.9. The summed E-state index contributed by atoms with van der Waals surface area (Å²) in [5.41, 5.74) is 0.799. The molecule has 7 nitrogen and oxygen atoms in total. The predicted molar refractivity (Wildman–Crippen MR) is 86.5 cm³/mol. The van der Waals surface area contributed by atoms with E-state index in [1.165, 1.54) is 6.07 Å². The molecule has 8 heteroatoms. The summed E-state index contributed by atoms with van der Waals surface area (Å²) in [7, 11) is -3.67. The molecule has 1 amide bonds. The first-order chi connectivity index (χ1) is 11.2. The molecule has 1 aromatic carbocycles. The maximum absolute atomic E-state index is 12.7. The maximum Gasteiger partial charge on any atom is 0.308 e. The minimum atomic E-state index is -3.67. The number of primary sulfonamides is 1. The summed E-state index contributed by atoms with van der Waals surface area (Å²) in [6.45, 7) is 0.647. The number of carbonyl (C=O) groups excluding carboxylic acids is 1. The molecule has 2 fully saturated rings. The lowest BCUT2D eigenvalue weighted by atomic mass is 9.92. The van der Waals surface area contributed by atoms with Gasteiger partial charge in [0, 0.05) is 18.7 Å². The summed E-state index contributed by atoms with van der Waals surface area (Å²) in [4.78, 5) is 25.7. The van der Waals surface area contributed by atoms with Crippen LogP contribution in [0.25, 0.3) is 0 Å². The van der Waals surface area contributed by atoms with Crippen molar-refractivity contribution in [3.63, 3.8) is 0 Å². The minimum absolute atomic E-state index is 0.0130. The van der Waals surface area contributed by atoms with Gasteiger partial charge < -0.3 is 10.0 Å². The summed E-state index contributed by atoms with van der Waals surface area (Å²) >= 11 is 0. The Bertz CT molecular complexity index is 772. The van der Waals surface area contributed by atoms with Gasteiger partial charge in [-0.15, -0.1) is 0 Å². The largest absolute Gasteiger partial charge is 0.481 e. The van der Waals surface area contributed by atoms with E-state index < -0.39 is 21.9 Å². The molecular weight excluding hydrogens is 332 g/mol. The number of rotatable bonds is 5. The molecule has 3 N–H and O–H groups in total. The van der Waals surface area contributed by atoms with E-state index in [-0.39, 0.29) is 24.1 Å². The summed E-state index contributed by atoms with van der Waals surface area (Å²) in [6, 6.07) is 6.32. The number of hydrogen-bond acceptors (Lipinski definition) is 4. The highest BCUT2D eigenvalue weighted by atomic mass is 32.2. The Morgan fingerprint density at radius 2 is 1.96 bits per heavy atom. The van der Waals surface area contributed by atoms with Gasteiger partial charge in [0.25, 0.3) is 5.91 Å². The van der Waals surface area contributed by atoms with E-state index in [1.54, 1.807) is 23.1 Å². The Balaban J connectivity index is 1.77. The third-order valence-electron chi connectivity index (χ3n) is 4.74. The first-order valence-corrected chi connectivity index (χ1v) is 9.57. The number of carboxylic acid groups (broad SMARTS) is 1. The monoisotopic (exact) mass is 352 g/mol. The molecule has 0 radical (unpaired) electrons. The van der Waals surface area contributed by atoms with Gasteiger partial charge in [0.15, 0.2) is 0 Å². The normalized spacial score (nSPS) is 24.1. The van der Waals surface area contributed by atoms with Crippen LogP contribution >= 0.6 is 0 Å². The van der Waals surface area contributed by atoms with Gasteiger partial charge in [-0.3, -0.25) is 9.59 Å². The average Bonchev–Trinajstić information content (AvgIpc) is 3.23. The van der Waals surface area contributed by atoms with Crippen molar-refractivity contribution in [3.05, 3.63) is 35.4 Å². The summed E-state index contributed by atoms with van der Waals surface area (Å²) in [6.07, 6.45) is 2.06. The third-order valence-corrected chi connectivity index (χ3v) is 5.47. The number of hydrogen-bond donors (Lipinski definition) is 2. The second-order valence-corrected chi connectivity index (χ2v) is 8.28. The van der Waals surface area contributed by atoms with Crippen LogP contribution in [0.4, 0.5) is 0 Å². The van der Waals surface area contributed by atoms with E-state index in [0.29, 0.717) is 23.6 Å². The Morgan fingerprint density at radius 3 is 2.54 bits per heavy atom. The lowest BCUT2D eigenvalue weighted by molar-refractivity contribution is -0.142. The topological polar surface area (TPSA) is 118 Å². The van der Waals surface area contributed by atoms with Crippen molar-refractivity contribution in [2.75, 3.05) is 13.1 Å². The molecule has 130 valence electrons. The van der Waals surface area contributed by atoms with Gasteiger partial charge in [-0.2, -0.15) is 0 Å². The average molecular weight is 352 g/mol. The fraction of sp³-hybridized carbons (Fsp3) is 0.500. The molecule has 0 unspecified atom stereocenters. The van der Waals surface area contributed by atoms with E-state index in [9.17, 15) is 23.1 Å². The quantitative estimate of drug-likeness (QED) is 0.807. The number of carboxylic acids is 1. The molecule has 1 saturated carbocycles. The van der Waals surface area contributed by atoms with Gasteiger partial charge in [-0.1, -0.05) is 12.1 Å². The van der Waals surface area contributed by atoms with E-state index >= 15 is 0 Å². The van der Waals surface area contributed by atoms with Crippen LogP contribution in [0.2, 0.25) is 0 Å². The zero-order chi connectivity index (χ0) is 17.5. The Labute approximate surface area is 140 Å². The van der Waals surface area contributed by atoms with Crippen LogP contribution in [0.3, 0.4) is 0 Å². The molecule has 1 heterocycles. The van der Waals surface area contributed by atoms with Gasteiger partial charge in [-0.25, -0.2) is 13.6 Å². The molecule has 0 spiro atoms. The lowest BCUT2D eigenvalue weighted by Crippen LogP contribution is -2.30. The Hall–Kier alpha value is -1.93. The first-order valence-electron chi connectivity index (χ1n) is 7.86. The van der Waals surface area contributed by atoms with E-state index in [0.717, 1.165) is 12.8 Å². The van der Waals surface area contributed by atoms with Crippen LogP contribution in [0.1, 0.15) is 28.8 Å². The molecule has 1 aliphatic heterocycles. The highest BCUT2D eigenvalue weighted by molar-refractivity contribution is 7.88. The summed E-state index contributed by atoms with van der Waals surface area (Å²) < 4.78 is 22.4. The molecule has 3 rings (SSSR count). The van der Waals surface area contributed by atoms with Gasteiger partial charge >= 0.3 is 5.97 Å². The van der Waals surface area contributed by atoms with Crippen LogP contribution in [-0.2, 0) is 20.6 Å². The van der Waals surface area contributed by atoms with Gasteiger partial charge in [0.05, 0.1) is 11.7 Å². The molecule has 1 aromatic rings. The molecule has 1 saturated heterocycles. The molecular formula is C16H20N2O5S. The number of likely N-dealkylation sites (tertiary alicyclic amines) is 1. The Kier molecular flexibility index (Phi) is 4.35. The number of carbonyl (C=O) groups is 2. The number of amides is 1. The highest BCUT2D eigenvalue weighted by Gasteiger charge is 2.46. The van der Waals surface area contributed by atoms with Crippen molar-refractivity contribution in [3.8, 4) is 0 Å². The van der Waals surface area contributed by atoms with Crippen LogP contribution < -0.4 is 5.14 Å². The van der Waals surface area contributed by atoms with Crippen molar-refractivity contribution < 1.29 is 23.1 Å². The summed E-state index contributed by atoms with van der Waals surface area (Å²) in [5, 5.41) is 14.4. The molecule has 0 aromatic heterocycles. The van der Waals surface area contributed by atoms with Crippen molar-refractivity contribution in [2.45, 2.75) is 18.6 Å². The van der Waals surface area contributed by atoms with Crippen molar-refractivity contribution in [1.29, 1.82) is 0 Å². The molecule has 24 heavy (non-hydrogen) atoms. The number of aliphatic carboxylic acids is 1. The van der Waals surface area contributed by atoms with Gasteiger partial charge in [0.1, 0.15) is 0 Å². The minimum Gasteiger partial charge on any atom is -0.481 e. The standard InChI is InChI=1S/C16H20N2O5S/c17-24(22,23)9-10-2-1-3-12(6-10)15(19)18-7-13(11-4-5-11)14(8-18)16(20)21/h1-3,6,11,13-14H,4-5,7-9H2,(H,20,21)(H2,17,22,23)/t13-,14+/m1/s1. The summed E-state index contributed by atoms with van der Waals surface area (Å²) in [5.74, 6) is -1.56. The fourth-order valence-corrected chi connectivity index (χ4v) is 4.11. The molecule has 2 atom stereocenters. The van der Waals surface area contributed by atoms with Crippen LogP contribution in [0.5, 0.6) is 0 Å². The van der Waals surface area contributed by atoms with Gasteiger partial charge in [0.2, 0.25) is 10.0 Å². The molecule has 1 aliphatic carbocycles. The van der Waals surface area contributed by atoms with E-state index in [2.05, 4.69) is 0 Å². The van der Waals surface area contributed by atoms with Gasteiger partial charge in [-0.05, 0) is 42.4 Å². The number of sulfonamides is 1. The van der Waals surface area contributed by atoms with Crippen molar-refractivity contribution in [1.82, 2.24) is 4.90 Å². The zero-order valence-electron chi connectivity index (χ0n) is 13.1. The van der Waals surface area contributed by atoms with Crippen LogP contribution in [0, 0.1) is 17.8 Å². The number of nitrogens with zero attached hydrogens (tertiary/aromatic N) is 1. The zero-order valence-corrected chi connectivity index (χ0v) is 13.9.